The smallest absolute Gasteiger partial charge is 0.444 e. The number of alkyl halides is 3. The second-order valence-electron chi connectivity index (χ2n) is 7.68. The van der Waals surface area contributed by atoms with E-state index in [1.165, 1.54) is 23.1 Å². The Morgan fingerprint density at radius 3 is 2.43 bits per heavy atom. The molecule has 2 aromatic carbocycles. The number of halogens is 3. The van der Waals surface area contributed by atoms with Gasteiger partial charge in [-0.15, -0.1) is 13.2 Å². The summed E-state index contributed by atoms with van der Waals surface area (Å²) in [5, 5.41) is 0. The predicted molar refractivity (Wildman–Crippen MR) is 105 cm³/mol. The van der Waals surface area contributed by atoms with Crippen LogP contribution in [0.15, 0.2) is 54.6 Å². The van der Waals surface area contributed by atoms with Crippen molar-refractivity contribution in [1.29, 1.82) is 0 Å². The first-order valence-corrected chi connectivity index (χ1v) is 9.97. The number of anilines is 1. The third kappa shape index (κ3) is 5.05. The van der Waals surface area contributed by atoms with E-state index in [4.69, 9.17) is 4.74 Å². The van der Waals surface area contributed by atoms with Gasteiger partial charge in [-0.3, -0.25) is 9.80 Å². The maximum absolute atomic E-state index is 13.1. The monoisotopic (exact) mass is 420 g/mol. The van der Waals surface area contributed by atoms with Crippen LogP contribution in [0.25, 0.3) is 0 Å². The molecule has 5 rings (SSSR count). The molecule has 3 heterocycles. The molecular weight excluding hydrogens is 397 g/mol. The van der Waals surface area contributed by atoms with Gasteiger partial charge in [-0.05, 0) is 61.7 Å². The highest BCUT2D eigenvalue weighted by molar-refractivity contribution is 5.87. The minimum absolute atomic E-state index is 0.0685. The van der Waals surface area contributed by atoms with Crippen molar-refractivity contribution in [1.82, 2.24) is 4.90 Å². The minimum atomic E-state index is -4.77. The average Bonchev–Trinajstić information content (AvgIpc) is 2.72. The van der Waals surface area contributed by atoms with Gasteiger partial charge in [0.15, 0.2) is 0 Å². The van der Waals surface area contributed by atoms with Crippen molar-refractivity contribution in [2.45, 2.75) is 31.9 Å². The second-order valence-corrected chi connectivity index (χ2v) is 7.68. The number of piperidine rings is 3. The van der Waals surface area contributed by atoms with E-state index < -0.39 is 12.5 Å². The minimum Gasteiger partial charge on any atom is -0.444 e. The number of ether oxygens (including phenoxy) is 2. The second kappa shape index (κ2) is 8.55. The van der Waals surface area contributed by atoms with Crippen molar-refractivity contribution in [3.05, 3.63) is 60.2 Å². The fraction of sp³-hybridized carbons (Fsp3) is 0.409. The molecule has 0 N–H and O–H groups in total. The largest absolute Gasteiger partial charge is 0.573 e. The molecule has 0 aliphatic carbocycles. The lowest BCUT2D eigenvalue weighted by Crippen LogP contribution is -2.53. The summed E-state index contributed by atoms with van der Waals surface area (Å²) in [6.45, 7) is 2.87. The molecule has 3 aliphatic rings. The highest BCUT2D eigenvalue weighted by Crippen LogP contribution is 2.31. The van der Waals surface area contributed by atoms with Gasteiger partial charge >= 0.3 is 12.5 Å². The fourth-order valence-electron chi connectivity index (χ4n) is 4.13. The van der Waals surface area contributed by atoms with Crippen molar-refractivity contribution >= 4 is 11.8 Å². The third-order valence-electron chi connectivity index (χ3n) is 5.61. The SMILES string of the molecule is O=C(OC1CN2CCC1CC2)N(Cc1cccc(OC(F)(F)F)c1)c1ccccc1. The highest BCUT2D eigenvalue weighted by Gasteiger charge is 2.37. The molecule has 1 unspecified atom stereocenters. The molecule has 0 spiro atoms. The molecule has 2 bridgehead atoms. The van der Waals surface area contributed by atoms with Crippen LogP contribution in [0.2, 0.25) is 0 Å². The maximum Gasteiger partial charge on any atom is 0.573 e. The quantitative estimate of drug-likeness (QED) is 0.695. The summed E-state index contributed by atoms with van der Waals surface area (Å²) < 4.78 is 47.5. The van der Waals surface area contributed by atoms with Crippen LogP contribution >= 0.6 is 0 Å². The Labute approximate surface area is 173 Å². The standard InChI is InChI=1S/C22H23F3N2O3/c23-22(24,25)30-19-8-4-5-16(13-19)14-27(18-6-2-1-3-7-18)21(28)29-20-15-26-11-9-17(20)10-12-26/h1-8,13,17,20H,9-12,14-15H2. The van der Waals surface area contributed by atoms with E-state index in [9.17, 15) is 18.0 Å². The summed E-state index contributed by atoms with van der Waals surface area (Å²) in [4.78, 5) is 16.8. The van der Waals surface area contributed by atoms with Crippen LogP contribution in [0.3, 0.4) is 0 Å². The number of rotatable bonds is 5. The number of nitrogens with zero attached hydrogens (tertiary/aromatic N) is 2. The van der Waals surface area contributed by atoms with Gasteiger partial charge in [-0.25, -0.2) is 4.79 Å². The van der Waals surface area contributed by atoms with Gasteiger partial charge in [0.1, 0.15) is 11.9 Å². The Bertz CT molecular complexity index is 867. The van der Waals surface area contributed by atoms with E-state index >= 15 is 0 Å². The van der Waals surface area contributed by atoms with Gasteiger partial charge in [0, 0.05) is 12.2 Å². The number of hydrogen-bond donors (Lipinski definition) is 0. The van der Waals surface area contributed by atoms with Crippen LogP contribution in [0.4, 0.5) is 23.7 Å². The molecular formula is C22H23F3N2O3. The summed E-state index contributed by atoms with van der Waals surface area (Å²) in [7, 11) is 0. The van der Waals surface area contributed by atoms with Crippen LogP contribution in [-0.4, -0.2) is 43.1 Å². The third-order valence-corrected chi connectivity index (χ3v) is 5.61. The summed E-state index contributed by atoms with van der Waals surface area (Å²) >= 11 is 0. The molecule has 8 heteroatoms. The van der Waals surface area contributed by atoms with Gasteiger partial charge in [-0.1, -0.05) is 30.3 Å². The Hall–Kier alpha value is -2.74. The molecule has 3 fully saturated rings. The first-order chi connectivity index (χ1) is 14.4. The van der Waals surface area contributed by atoms with Crippen LogP contribution in [0.1, 0.15) is 18.4 Å². The normalized spacial score (nSPS) is 23.1. The van der Waals surface area contributed by atoms with Crippen LogP contribution in [-0.2, 0) is 11.3 Å². The molecule has 1 amide bonds. The molecule has 0 saturated carbocycles. The zero-order valence-electron chi connectivity index (χ0n) is 16.3. The lowest BCUT2D eigenvalue weighted by atomic mass is 9.86. The van der Waals surface area contributed by atoms with Gasteiger partial charge in [-0.2, -0.15) is 0 Å². The van der Waals surface area contributed by atoms with Crippen LogP contribution in [0.5, 0.6) is 5.75 Å². The van der Waals surface area contributed by atoms with E-state index in [1.807, 2.05) is 6.07 Å². The maximum atomic E-state index is 13.1. The molecule has 3 aliphatic heterocycles. The van der Waals surface area contributed by atoms with E-state index in [0.29, 0.717) is 17.2 Å². The van der Waals surface area contributed by atoms with Gasteiger partial charge in [0.2, 0.25) is 0 Å². The number of amides is 1. The van der Waals surface area contributed by atoms with Gasteiger partial charge in [0.25, 0.3) is 0 Å². The molecule has 0 aromatic heterocycles. The van der Waals surface area contributed by atoms with Crippen molar-refractivity contribution < 1.29 is 27.4 Å². The van der Waals surface area contributed by atoms with Gasteiger partial charge < -0.3 is 9.47 Å². The Kier molecular flexibility index (Phi) is 5.85. The number of carbonyl (C=O) groups is 1. The molecule has 1 atom stereocenters. The molecule has 160 valence electrons. The Balaban J connectivity index is 1.52. The number of fused-ring (bicyclic) bond motifs is 3. The predicted octanol–water partition coefficient (Wildman–Crippen LogP) is 4.82. The highest BCUT2D eigenvalue weighted by atomic mass is 19.4. The molecule has 0 radical (unpaired) electrons. The number of hydrogen-bond acceptors (Lipinski definition) is 4. The van der Waals surface area contributed by atoms with Crippen molar-refractivity contribution in [3.63, 3.8) is 0 Å². The van der Waals surface area contributed by atoms with Crippen LogP contribution < -0.4 is 9.64 Å². The lowest BCUT2D eigenvalue weighted by molar-refractivity contribution is -0.274. The lowest BCUT2D eigenvalue weighted by Gasteiger charge is -2.44. The van der Waals surface area contributed by atoms with Gasteiger partial charge in [0.05, 0.1) is 6.54 Å². The molecule has 30 heavy (non-hydrogen) atoms. The van der Waals surface area contributed by atoms with Crippen molar-refractivity contribution in [2.75, 3.05) is 24.5 Å². The first-order valence-electron chi connectivity index (χ1n) is 9.97. The number of benzene rings is 2. The van der Waals surface area contributed by atoms with E-state index in [1.54, 1.807) is 30.3 Å². The first kappa shape index (κ1) is 20.5. The topological polar surface area (TPSA) is 42.0 Å². The van der Waals surface area contributed by atoms with E-state index in [-0.39, 0.29) is 18.4 Å². The van der Waals surface area contributed by atoms with E-state index in [0.717, 1.165) is 32.5 Å². The summed E-state index contributed by atoms with van der Waals surface area (Å²) in [6, 6.07) is 14.6. The summed E-state index contributed by atoms with van der Waals surface area (Å²) in [6.07, 6.45) is -3.40. The number of carbonyl (C=O) groups excluding carboxylic acids is 1. The molecule has 5 nitrogen and oxygen atoms in total. The number of para-hydroxylation sites is 1. The Morgan fingerprint density at radius 2 is 1.80 bits per heavy atom. The van der Waals surface area contributed by atoms with E-state index in [2.05, 4.69) is 9.64 Å². The summed E-state index contributed by atoms with van der Waals surface area (Å²) in [5.41, 5.74) is 1.12. The summed E-state index contributed by atoms with van der Waals surface area (Å²) in [5.74, 6) is 0.0406. The molecule has 3 saturated heterocycles. The zero-order chi connectivity index (χ0) is 21.1. The van der Waals surface area contributed by atoms with Crippen molar-refractivity contribution in [3.8, 4) is 5.75 Å². The fourth-order valence-corrected chi connectivity index (χ4v) is 4.13. The van der Waals surface area contributed by atoms with Crippen LogP contribution in [0, 0.1) is 5.92 Å². The van der Waals surface area contributed by atoms with Crippen molar-refractivity contribution in [2.24, 2.45) is 5.92 Å². The zero-order valence-corrected chi connectivity index (χ0v) is 16.3. The average molecular weight is 420 g/mol. The Morgan fingerprint density at radius 1 is 1.07 bits per heavy atom. The molecule has 2 aromatic rings.